The van der Waals surface area contributed by atoms with Gasteiger partial charge in [0.1, 0.15) is 5.38 Å². The van der Waals surface area contributed by atoms with Crippen molar-refractivity contribution in [3.8, 4) is 0 Å². The van der Waals surface area contributed by atoms with Crippen molar-refractivity contribution in [3.05, 3.63) is 35.4 Å². The van der Waals surface area contributed by atoms with E-state index in [1.807, 2.05) is 45.0 Å². The van der Waals surface area contributed by atoms with E-state index in [2.05, 4.69) is 10.3 Å². The fraction of sp³-hybridized carbons (Fsp3) is 0.429. The molecule has 0 aliphatic heterocycles. The minimum Gasteiger partial charge on any atom is -0.370 e. The van der Waals surface area contributed by atoms with Gasteiger partial charge in [-0.1, -0.05) is 38.1 Å². The highest BCUT2D eigenvalue weighted by Crippen LogP contribution is 2.23. The standard InChI is InChI=1S/C14H20ClN3O/c1-9(2)8-17-14(16)18-13(19)12(15)11-7-5-4-6-10(11)3/h4-7,9,12H,8H2,1-3H3,(H3,16,17,18,19). The second-order valence-electron chi connectivity index (χ2n) is 4.83. The number of rotatable bonds is 4. The second-order valence-corrected chi connectivity index (χ2v) is 5.26. The number of aliphatic imine (C=N–C) groups is 1. The molecule has 1 unspecified atom stereocenters. The van der Waals surface area contributed by atoms with Crippen LogP contribution in [-0.2, 0) is 4.79 Å². The molecule has 0 bridgehead atoms. The molecule has 104 valence electrons. The predicted molar refractivity (Wildman–Crippen MR) is 79.2 cm³/mol. The number of nitrogens with one attached hydrogen (secondary N) is 1. The summed E-state index contributed by atoms with van der Waals surface area (Å²) in [5.41, 5.74) is 7.38. The van der Waals surface area contributed by atoms with E-state index in [4.69, 9.17) is 17.3 Å². The van der Waals surface area contributed by atoms with Crippen molar-refractivity contribution >= 4 is 23.5 Å². The average Bonchev–Trinajstić information content (AvgIpc) is 2.36. The van der Waals surface area contributed by atoms with Crippen molar-refractivity contribution in [1.82, 2.24) is 5.32 Å². The number of halogens is 1. The van der Waals surface area contributed by atoms with Crippen LogP contribution in [-0.4, -0.2) is 18.4 Å². The largest absolute Gasteiger partial charge is 0.370 e. The molecule has 0 aromatic heterocycles. The first kappa shape index (κ1) is 15.5. The van der Waals surface area contributed by atoms with Crippen molar-refractivity contribution < 1.29 is 4.79 Å². The van der Waals surface area contributed by atoms with Crippen molar-refractivity contribution in [2.24, 2.45) is 16.6 Å². The van der Waals surface area contributed by atoms with Crippen LogP contribution in [0.3, 0.4) is 0 Å². The number of guanidine groups is 1. The normalized spacial score (nSPS) is 13.4. The molecular weight excluding hydrogens is 262 g/mol. The first-order valence-corrected chi connectivity index (χ1v) is 6.65. The lowest BCUT2D eigenvalue weighted by atomic mass is 10.1. The molecule has 0 saturated heterocycles. The molecule has 1 rings (SSSR count). The molecule has 0 aliphatic carbocycles. The monoisotopic (exact) mass is 281 g/mol. The van der Waals surface area contributed by atoms with Gasteiger partial charge in [0.15, 0.2) is 5.96 Å². The molecule has 3 N–H and O–H groups in total. The molecule has 0 spiro atoms. The molecule has 1 aromatic carbocycles. The number of aryl methyl sites for hydroxylation is 1. The SMILES string of the molecule is Cc1ccccc1C(Cl)C(=O)NC(N)=NCC(C)C. The molecule has 0 saturated carbocycles. The van der Waals surface area contributed by atoms with E-state index < -0.39 is 5.38 Å². The number of alkyl halides is 1. The van der Waals surface area contributed by atoms with Crippen molar-refractivity contribution in [1.29, 1.82) is 0 Å². The Labute approximate surface area is 119 Å². The predicted octanol–water partition coefficient (Wildman–Crippen LogP) is 2.36. The van der Waals surface area contributed by atoms with E-state index in [1.165, 1.54) is 0 Å². The molecule has 4 nitrogen and oxygen atoms in total. The highest BCUT2D eigenvalue weighted by molar-refractivity contribution is 6.32. The van der Waals surface area contributed by atoms with Crippen LogP contribution >= 0.6 is 11.6 Å². The summed E-state index contributed by atoms with van der Waals surface area (Å²) in [6.45, 7) is 6.53. The average molecular weight is 282 g/mol. The fourth-order valence-corrected chi connectivity index (χ4v) is 1.82. The molecule has 0 aliphatic rings. The minimum absolute atomic E-state index is 0.109. The Morgan fingerprint density at radius 1 is 1.42 bits per heavy atom. The van der Waals surface area contributed by atoms with E-state index in [0.717, 1.165) is 11.1 Å². The van der Waals surface area contributed by atoms with E-state index in [0.29, 0.717) is 12.5 Å². The van der Waals surface area contributed by atoms with E-state index >= 15 is 0 Å². The van der Waals surface area contributed by atoms with Gasteiger partial charge in [-0.05, 0) is 24.0 Å². The third-order valence-electron chi connectivity index (χ3n) is 2.57. The van der Waals surface area contributed by atoms with Gasteiger partial charge in [0.05, 0.1) is 0 Å². The Balaban J connectivity index is 2.68. The van der Waals surface area contributed by atoms with Gasteiger partial charge in [-0.3, -0.25) is 15.1 Å². The summed E-state index contributed by atoms with van der Waals surface area (Å²) >= 11 is 6.15. The Kier molecular flexibility index (Phi) is 5.83. The summed E-state index contributed by atoms with van der Waals surface area (Å²) in [5.74, 6) is 0.137. The van der Waals surface area contributed by atoms with Crippen LogP contribution in [0.2, 0.25) is 0 Å². The molecule has 0 fully saturated rings. The number of nitrogens with two attached hydrogens (primary N) is 1. The zero-order valence-electron chi connectivity index (χ0n) is 11.5. The van der Waals surface area contributed by atoms with Gasteiger partial charge in [0.2, 0.25) is 5.91 Å². The maximum absolute atomic E-state index is 11.9. The molecule has 5 heteroatoms. The lowest BCUT2D eigenvalue weighted by Crippen LogP contribution is -2.39. The maximum Gasteiger partial charge on any atom is 0.249 e. The number of benzene rings is 1. The van der Waals surface area contributed by atoms with Gasteiger partial charge in [0, 0.05) is 6.54 Å². The molecule has 19 heavy (non-hydrogen) atoms. The Morgan fingerprint density at radius 2 is 2.05 bits per heavy atom. The van der Waals surface area contributed by atoms with Gasteiger partial charge in [0.25, 0.3) is 0 Å². The van der Waals surface area contributed by atoms with Crippen molar-refractivity contribution in [2.45, 2.75) is 26.1 Å². The smallest absolute Gasteiger partial charge is 0.249 e. The van der Waals surface area contributed by atoms with E-state index in [-0.39, 0.29) is 11.9 Å². The van der Waals surface area contributed by atoms with Crippen LogP contribution in [0.15, 0.2) is 29.3 Å². The van der Waals surface area contributed by atoms with Crippen LogP contribution in [0.5, 0.6) is 0 Å². The number of nitrogens with zero attached hydrogens (tertiary/aromatic N) is 1. The number of hydrogen-bond donors (Lipinski definition) is 2. The summed E-state index contributed by atoms with van der Waals surface area (Å²) in [5, 5.41) is 1.75. The van der Waals surface area contributed by atoms with Crippen molar-refractivity contribution in [2.75, 3.05) is 6.54 Å². The number of amides is 1. The molecule has 0 heterocycles. The third-order valence-corrected chi connectivity index (χ3v) is 3.00. The lowest BCUT2D eigenvalue weighted by molar-refractivity contribution is -0.119. The van der Waals surface area contributed by atoms with Gasteiger partial charge < -0.3 is 5.73 Å². The maximum atomic E-state index is 11.9. The molecule has 1 amide bonds. The summed E-state index contributed by atoms with van der Waals surface area (Å²) < 4.78 is 0. The summed E-state index contributed by atoms with van der Waals surface area (Å²) in [6.07, 6.45) is 0. The van der Waals surface area contributed by atoms with Gasteiger partial charge in [-0.2, -0.15) is 0 Å². The highest BCUT2D eigenvalue weighted by Gasteiger charge is 2.19. The molecule has 1 aromatic rings. The first-order valence-electron chi connectivity index (χ1n) is 6.22. The second kappa shape index (κ2) is 7.14. The Morgan fingerprint density at radius 3 is 2.63 bits per heavy atom. The third kappa shape index (κ3) is 4.91. The fourth-order valence-electron chi connectivity index (χ4n) is 1.52. The molecule has 1 atom stereocenters. The quantitative estimate of drug-likeness (QED) is 0.505. The molecule has 0 radical (unpaired) electrons. The van der Waals surface area contributed by atoms with Crippen LogP contribution in [0.4, 0.5) is 0 Å². The zero-order valence-corrected chi connectivity index (χ0v) is 12.2. The van der Waals surface area contributed by atoms with E-state index in [9.17, 15) is 4.79 Å². The van der Waals surface area contributed by atoms with Gasteiger partial charge in [-0.25, -0.2) is 0 Å². The Bertz CT molecular complexity index is 472. The van der Waals surface area contributed by atoms with Crippen molar-refractivity contribution in [3.63, 3.8) is 0 Å². The summed E-state index contributed by atoms with van der Waals surface area (Å²) in [7, 11) is 0. The number of hydrogen-bond acceptors (Lipinski definition) is 2. The van der Waals surface area contributed by atoms with Crippen LogP contribution in [0.1, 0.15) is 30.4 Å². The topological polar surface area (TPSA) is 67.5 Å². The minimum atomic E-state index is -0.769. The summed E-state index contributed by atoms with van der Waals surface area (Å²) in [6, 6.07) is 7.49. The molecular formula is C14H20ClN3O. The zero-order chi connectivity index (χ0) is 14.4. The first-order chi connectivity index (χ1) is 8.91. The lowest BCUT2D eigenvalue weighted by Gasteiger charge is -2.12. The van der Waals surface area contributed by atoms with Crippen LogP contribution < -0.4 is 11.1 Å². The Hall–Kier alpha value is -1.55. The van der Waals surface area contributed by atoms with Gasteiger partial charge >= 0.3 is 0 Å². The van der Waals surface area contributed by atoms with E-state index in [1.54, 1.807) is 0 Å². The highest BCUT2D eigenvalue weighted by atomic mass is 35.5. The van der Waals surface area contributed by atoms with Gasteiger partial charge in [-0.15, -0.1) is 11.6 Å². The summed E-state index contributed by atoms with van der Waals surface area (Å²) in [4.78, 5) is 16.0. The number of carbonyl (C=O) groups is 1. The number of carbonyl (C=O) groups excluding carboxylic acids is 1. The van der Waals surface area contributed by atoms with Crippen LogP contribution in [0.25, 0.3) is 0 Å². The van der Waals surface area contributed by atoms with Crippen LogP contribution in [0, 0.1) is 12.8 Å².